The van der Waals surface area contributed by atoms with Crippen LogP contribution >= 0.6 is 0 Å². The van der Waals surface area contributed by atoms with E-state index in [0.717, 1.165) is 29.8 Å². The van der Waals surface area contributed by atoms with Crippen molar-refractivity contribution in [2.24, 2.45) is 0 Å². The predicted octanol–water partition coefficient (Wildman–Crippen LogP) is 8.42. The predicted molar refractivity (Wildman–Crippen MR) is 151 cm³/mol. The Balaban J connectivity index is 1.80. The summed E-state index contributed by atoms with van der Waals surface area (Å²) in [7, 11) is 2.68. The maximum atomic E-state index is 13.4. The summed E-state index contributed by atoms with van der Waals surface area (Å²) in [5, 5.41) is 0. The summed E-state index contributed by atoms with van der Waals surface area (Å²) in [6, 6.07) is 13.6. The molecule has 0 amide bonds. The highest BCUT2D eigenvalue weighted by Crippen LogP contribution is 2.50. The van der Waals surface area contributed by atoms with Crippen LogP contribution in [0.15, 0.2) is 60.7 Å². The normalized spacial score (nSPS) is 12.8. The molecule has 4 aromatic rings. The molecule has 1 aliphatic rings. The number of rotatable bonds is 8. The first-order chi connectivity index (χ1) is 21.2. The molecule has 0 fully saturated rings. The maximum Gasteiger partial charge on any atom is 0.573 e. The van der Waals surface area contributed by atoms with Gasteiger partial charge in [-0.25, -0.2) is 4.79 Å². The van der Waals surface area contributed by atoms with Crippen molar-refractivity contribution >= 4 is 5.97 Å². The van der Waals surface area contributed by atoms with Crippen LogP contribution < -0.4 is 18.9 Å². The number of nitrogens with zero attached hydrogens (tertiary/aromatic N) is 1. The van der Waals surface area contributed by atoms with Crippen molar-refractivity contribution in [2.75, 3.05) is 14.2 Å². The highest BCUT2D eigenvalue weighted by atomic mass is 19.4. The molecule has 13 heteroatoms. The number of carbonyl (C=O) groups is 1. The molecule has 45 heavy (non-hydrogen) atoms. The third-order valence-corrected chi connectivity index (χ3v) is 7.01. The smallest absolute Gasteiger partial charge is 0.493 e. The Bertz CT molecular complexity index is 1710. The number of aryl methyl sites for hydroxylation is 1. The second kappa shape index (κ2) is 11.9. The lowest BCUT2D eigenvalue weighted by molar-refractivity contribution is -0.275. The second-order valence-electron chi connectivity index (χ2n) is 10.3. The fourth-order valence-corrected chi connectivity index (χ4v) is 5.41. The van der Waals surface area contributed by atoms with Crippen molar-refractivity contribution in [2.45, 2.75) is 45.6 Å². The van der Waals surface area contributed by atoms with Crippen LogP contribution in [-0.2, 0) is 17.7 Å². The number of benzene rings is 3. The number of fused-ring (bicyclic) bond motifs is 3. The molecule has 0 atom stereocenters. The molecule has 1 aromatic heterocycles. The topological polar surface area (TPSA) is 68.2 Å². The van der Waals surface area contributed by atoms with Gasteiger partial charge in [0.25, 0.3) is 0 Å². The molecular formula is C32H27F6NO6. The molecular weight excluding hydrogens is 608 g/mol. The van der Waals surface area contributed by atoms with Crippen molar-refractivity contribution in [3.05, 3.63) is 71.9 Å². The van der Waals surface area contributed by atoms with Gasteiger partial charge in [-0.05, 0) is 73.4 Å². The maximum absolute atomic E-state index is 13.4. The van der Waals surface area contributed by atoms with E-state index in [1.165, 1.54) is 38.5 Å². The Labute approximate surface area is 253 Å². The minimum atomic E-state index is -4.92. The standard InChI is InChI=1S/C32H27F6NO6/c1-17(2)43-25-15-20-13-14-39-28(23(20)16-24(25)41-3)26(18-5-9-21(10-6-18)44-31(33,34)35)27(29(39)30(40)42-4)19-7-11-22(12-8-19)45-32(36,37)38/h5-12,15-17H,13-14H2,1-4H3. The molecule has 0 saturated carbocycles. The first kappa shape index (κ1) is 31.6. The summed E-state index contributed by atoms with van der Waals surface area (Å²) < 4.78 is 104. The third-order valence-electron chi connectivity index (χ3n) is 7.01. The van der Waals surface area contributed by atoms with Crippen LogP contribution in [0.4, 0.5) is 26.3 Å². The van der Waals surface area contributed by atoms with Gasteiger partial charge in [0.2, 0.25) is 0 Å². The SMILES string of the molecule is COC(=O)c1c(-c2ccc(OC(F)(F)F)cc2)c(-c2ccc(OC(F)(F)F)cc2)c2n1CCc1cc(OC(C)C)c(OC)cc1-2. The first-order valence-corrected chi connectivity index (χ1v) is 13.6. The van der Waals surface area contributed by atoms with Gasteiger partial charge in [0, 0.05) is 23.2 Å². The summed E-state index contributed by atoms with van der Waals surface area (Å²) in [6.07, 6.45) is -9.51. The van der Waals surface area contributed by atoms with Crippen molar-refractivity contribution in [1.29, 1.82) is 0 Å². The van der Waals surface area contributed by atoms with E-state index in [2.05, 4.69) is 9.47 Å². The van der Waals surface area contributed by atoms with Crippen molar-refractivity contribution in [1.82, 2.24) is 4.57 Å². The van der Waals surface area contributed by atoms with E-state index in [9.17, 15) is 31.1 Å². The van der Waals surface area contributed by atoms with Gasteiger partial charge in [-0.2, -0.15) is 0 Å². The summed E-state index contributed by atoms with van der Waals surface area (Å²) in [6.45, 7) is 4.04. The van der Waals surface area contributed by atoms with Gasteiger partial charge in [-0.1, -0.05) is 24.3 Å². The minimum Gasteiger partial charge on any atom is -0.493 e. The number of ether oxygens (including phenoxy) is 5. The number of esters is 1. The summed E-state index contributed by atoms with van der Waals surface area (Å²) in [5.74, 6) is -0.736. The number of aromatic nitrogens is 1. The number of methoxy groups -OCH3 is 2. The van der Waals surface area contributed by atoms with E-state index < -0.39 is 30.2 Å². The molecule has 7 nitrogen and oxygen atoms in total. The van der Waals surface area contributed by atoms with Crippen LogP contribution in [0.2, 0.25) is 0 Å². The zero-order chi connectivity index (χ0) is 32.7. The molecule has 5 rings (SSSR count). The Morgan fingerprint density at radius 2 is 1.31 bits per heavy atom. The quantitative estimate of drug-likeness (QED) is 0.143. The van der Waals surface area contributed by atoms with Crippen molar-refractivity contribution < 1.29 is 54.8 Å². The fourth-order valence-electron chi connectivity index (χ4n) is 5.41. The molecule has 0 aliphatic carbocycles. The largest absolute Gasteiger partial charge is 0.573 e. The van der Waals surface area contributed by atoms with Crippen LogP contribution in [0.1, 0.15) is 29.9 Å². The Kier molecular flexibility index (Phi) is 8.39. The summed E-state index contributed by atoms with van der Waals surface area (Å²) in [4.78, 5) is 13.4. The van der Waals surface area contributed by atoms with Gasteiger partial charge in [0.15, 0.2) is 11.5 Å². The average molecular weight is 636 g/mol. The highest BCUT2D eigenvalue weighted by Gasteiger charge is 2.35. The third kappa shape index (κ3) is 6.66. The van der Waals surface area contributed by atoms with E-state index in [1.807, 2.05) is 19.9 Å². The molecule has 0 N–H and O–H groups in total. The van der Waals surface area contributed by atoms with E-state index in [1.54, 1.807) is 10.6 Å². The molecule has 0 radical (unpaired) electrons. The van der Waals surface area contributed by atoms with Crippen LogP contribution in [0, 0.1) is 0 Å². The number of hydrogen-bond acceptors (Lipinski definition) is 6. The van der Waals surface area contributed by atoms with Crippen LogP contribution in [0.3, 0.4) is 0 Å². The van der Waals surface area contributed by atoms with E-state index in [0.29, 0.717) is 58.0 Å². The van der Waals surface area contributed by atoms with Gasteiger partial charge >= 0.3 is 18.7 Å². The number of halogens is 6. The van der Waals surface area contributed by atoms with E-state index in [4.69, 9.17) is 14.2 Å². The molecule has 0 saturated heterocycles. The molecule has 0 spiro atoms. The second-order valence-corrected chi connectivity index (χ2v) is 10.3. The lowest BCUT2D eigenvalue weighted by Crippen LogP contribution is -2.18. The van der Waals surface area contributed by atoms with Gasteiger partial charge in [0.1, 0.15) is 17.2 Å². The molecule has 3 aromatic carbocycles. The molecule has 0 unspecified atom stereocenters. The highest BCUT2D eigenvalue weighted by molar-refractivity contribution is 6.07. The number of alkyl halides is 6. The zero-order valence-electron chi connectivity index (χ0n) is 24.4. The number of carbonyl (C=O) groups excluding carboxylic acids is 1. The van der Waals surface area contributed by atoms with Crippen molar-refractivity contribution in [3.8, 4) is 56.5 Å². The minimum absolute atomic E-state index is 0.106. The van der Waals surface area contributed by atoms with Crippen LogP contribution in [0.5, 0.6) is 23.0 Å². The Morgan fingerprint density at radius 3 is 1.78 bits per heavy atom. The van der Waals surface area contributed by atoms with Gasteiger partial charge in [-0.15, -0.1) is 26.3 Å². The summed E-state index contributed by atoms with van der Waals surface area (Å²) >= 11 is 0. The van der Waals surface area contributed by atoms with Gasteiger partial charge < -0.3 is 28.3 Å². The summed E-state index contributed by atoms with van der Waals surface area (Å²) in [5.41, 5.74) is 3.62. The number of hydrogen-bond donors (Lipinski definition) is 0. The van der Waals surface area contributed by atoms with Gasteiger partial charge in [-0.3, -0.25) is 0 Å². The monoisotopic (exact) mass is 635 g/mol. The molecule has 238 valence electrons. The molecule has 2 heterocycles. The lowest BCUT2D eigenvalue weighted by atomic mass is 9.90. The van der Waals surface area contributed by atoms with Crippen molar-refractivity contribution in [3.63, 3.8) is 0 Å². The van der Waals surface area contributed by atoms with Crippen LogP contribution in [0.25, 0.3) is 33.5 Å². The first-order valence-electron chi connectivity index (χ1n) is 13.6. The Morgan fingerprint density at radius 1 is 0.778 bits per heavy atom. The van der Waals surface area contributed by atoms with Gasteiger partial charge in [0.05, 0.1) is 26.0 Å². The van der Waals surface area contributed by atoms with E-state index in [-0.39, 0.29) is 11.8 Å². The fraction of sp³-hybridized carbons (Fsp3) is 0.281. The van der Waals surface area contributed by atoms with E-state index >= 15 is 0 Å². The zero-order valence-corrected chi connectivity index (χ0v) is 24.4. The van der Waals surface area contributed by atoms with Crippen LogP contribution in [-0.4, -0.2) is 43.6 Å². The molecule has 0 bridgehead atoms. The lowest BCUT2D eigenvalue weighted by Gasteiger charge is -2.24. The molecule has 1 aliphatic heterocycles. The average Bonchev–Trinajstić information content (AvgIpc) is 3.31. The Hall–Kier alpha value is -4.81.